The lowest BCUT2D eigenvalue weighted by Crippen LogP contribution is -2.50. The van der Waals surface area contributed by atoms with Gasteiger partial charge in [-0.1, -0.05) is 37.3 Å². The second kappa shape index (κ2) is 7.06. The number of benzene rings is 2. The van der Waals surface area contributed by atoms with Crippen LogP contribution in [0.2, 0.25) is 0 Å². The Hall–Kier alpha value is -3.53. The van der Waals surface area contributed by atoms with Crippen LogP contribution in [-0.4, -0.2) is 49.4 Å². The maximum absolute atomic E-state index is 13.5. The Kier molecular flexibility index (Phi) is 4.65. The molecule has 0 aliphatic carbocycles. The van der Waals surface area contributed by atoms with Crippen LogP contribution in [0, 0.1) is 5.92 Å². The molecule has 0 spiro atoms. The van der Waals surface area contributed by atoms with Gasteiger partial charge in [-0.2, -0.15) is 9.41 Å². The average molecular weight is 427 g/mol. The van der Waals surface area contributed by atoms with Gasteiger partial charge in [-0.05, 0) is 24.3 Å². The van der Waals surface area contributed by atoms with E-state index < -0.39 is 39.8 Å². The molecule has 154 valence electrons. The standard InChI is InChI=1S/C20H17N3O6S/c1-12-16(20(26)29-2)21-22(13-8-4-3-5-9-13)17(12)19(25)23-18(24)14-10-6-7-11-15(14)30(23,27)28/h3-12,17H,1-2H3. The lowest BCUT2D eigenvalue weighted by molar-refractivity contribution is -0.133. The Morgan fingerprint density at radius 3 is 2.30 bits per heavy atom. The van der Waals surface area contributed by atoms with Crippen molar-refractivity contribution in [2.24, 2.45) is 11.0 Å². The number of esters is 1. The maximum Gasteiger partial charge on any atom is 0.354 e. The van der Waals surface area contributed by atoms with Crippen LogP contribution in [0.15, 0.2) is 64.6 Å². The van der Waals surface area contributed by atoms with Crippen LogP contribution in [0.3, 0.4) is 0 Å². The van der Waals surface area contributed by atoms with Crippen molar-refractivity contribution >= 4 is 39.2 Å². The highest BCUT2D eigenvalue weighted by atomic mass is 32.2. The number of ether oxygens (including phenoxy) is 1. The summed E-state index contributed by atoms with van der Waals surface area (Å²) in [5.74, 6) is -3.48. The number of hydrogen-bond acceptors (Lipinski definition) is 8. The molecule has 2 aromatic rings. The van der Waals surface area contributed by atoms with Gasteiger partial charge in [0.25, 0.3) is 21.8 Å². The van der Waals surface area contributed by atoms with E-state index in [9.17, 15) is 22.8 Å². The van der Waals surface area contributed by atoms with Crippen LogP contribution < -0.4 is 5.01 Å². The Balaban J connectivity index is 1.79. The zero-order chi connectivity index (χ0) is 21.6. The third-order valence-electron chi connectivity index (χ3n) is 5.07. The summed E-state index contributed by atoms with van der Waals surface area (Å²) in [6.07, 6.45) is 0. The van der Waals surface area contributed by atoms with Crippen LogP contribution in [0.1, 0.15) is 17.3 Å². The minimum absolute atomic E-state index is 0.0405. The van der Waals surface area contributed by atoms with Gasteiger partial charge in [0.15, 0.2) is 5.71 Å². The molecule has 2 amide bonds. The van der Waals surface area contributed by atoms with E-state index in [0.717, 1.165) is 0 Å². The van der Waals surface area contributed by atoms with Gasteiger partial charge in [0.05, 0.1) is 18.4 Å². The second-order valence-corrected chi connectivity index (χ2v) is 8.55. The number of fused-ring (bicyclic) bond motifs is 1. The summed E-state index contributed by atoms with van der Waals surface area (Å²) < 4.78 is 30.9. The van der Waals surface area contributed by atoms with Crippen molar-refractivity contribution in [1.29, 1.82) is 0 Å². The number of hydrogen-bond donors (Lipinski definition) is 0. The van der Waals surface area contributed by atoms with Gasteiger partial charge in [-0.15, -0.1) is 0 Å². The van der Waals surface area contributed by atoms with E-state index >= 15 is 0 Å². The minimum Gasteiger partial charge on any atom is -0.464 e. The third-order valence-corrected chi connectivity index (χ3v) is 6.81. The highest BCUT2D eigenvalue weighted by Crippen LogP contribution is 2.35. The fourth-order valence-corrected chi connectivity index (χ4v) is 5.15. The molecule has 0 radical (unpaired) electrons. The molecule has 0 N–H and O–H groups in total. The largest absolute Gasteiger partial charge is 0.464 e. The molecular weight excluding hydrogens is 410 g/mol. The van der Waals surface area contributed by atoms with E-state index in [4.69, 9.17) is 4.74 Å². The monoisotopic (exact) mass is 427 g/mol. The highest BCUT2D eigenvalue weighted by molar-refractivity contribution is 7.90. The second-order valence-electron chi connectivity index (χ2n) is 6.80. The first-order valence-corrected chi connectivity index (χ1v) is 10.5. The minimum atomic E-state index is -4.36. The first-order valence-electron chi connectivity index (χ1n) is 9.02. The summed E-state index contributed by atoms with van der Waals surface area (Å²) >= 11 is 0. The fourth-order valence-electron chi connectivity index (χ4n) is 3.60. The van der Waals surface area contributed by atoms with Crippen LogP contribution in [0.5, 0.6) is 0 Å². The molecule has 2 aromatic carbocycles. The van der Waals surface area contributed by atoms with E-state index in [1.165, 1.54) is 36.4 Å². The molecule has 0 saturated heterocycles. The maximum atomic E-state index is 13.5. The zero-order valence-corrected chi connectivity index (χ0v) is 16.9. The summed E-state index contributed by atoms with van der Waals surface area (Å²) in [6.45, 7) is 1.56. The molecular formula is C20H17N3O6S. The number of anilines is 1. The molecule has 2 aliphatic heterocycles. The Labute approximate surface area is 172 Å². The molecule has 2 heterocycles. The number of methoxy groups -OCH3 is 1. The number of hydrazone groups is 1. The number of sulfonamides is 1. The summed E-state index contributed by atoms with van der Waals surface area (Å²) in [5.41, 5.74) is 0.348. The van der Waals surface area contributed by atoms with Gasteiger partial charge in [0.1, 0.15) is 10.9 Å². The van der Waals surface area contributed by atoms with E-state index in [1.54, 1.807) is 37.3 Å². The molecule has 2 atom stereocenters. The van der Waals surface area contributed by atoms with Crippen molar-refractivity contribution in [2.75, 3.05) is 12.1 Å². The van der Waals surface area contributed by atoms with Crippen molar-refractivity contribution in [3.8, 4) is 0 Å². The molecule has 30 heavy (non-hydrogen) atoms. The Morgan fingerprint density at radius 1 is 1.03 bits per heavy atom. The molecule has 0 saturated carbocycles. The van der Waals surface area contributed by atoms with E-state index in [1.807, 2.05) is 0 Å². The van der Waals surface area contributed by atoms with E-state index in [0.29, 0.717) is 5.69 Å². The first kappa shape index (κ1) is 19.8. The van der Waals surface area contributed by atoms with Gasteiger partial charge in [0, 0.05) is 5.92 Å². The predicted octanol–water partition coefficient (Wildman–Crippen LogP) is 1.41. The summed E-state index contributed by atoms with van der Waals surface area (Å²) in [5, 5.41) is 5.48. The fraction of sp³-hybridized carbons (Fsp3) is 0.200. The molecule has 4 rings (SSSR count). The summed E-state index contributed by atoms with van der Waals surface area (Å²) in [6, 6.07) is 12.9. The van der Waals surface area contributed by atoms with E-state index in [2.05, 4.69) is 5.10 Å². The van der Waals surface area contributed by atoms with Gasteiger partial charge >= 0.3 is 5.97 Å². The average Bonchev–Trinajstić information content (AvgIpc) is 3.20. The summed E-state index contributed by atoms with van der Waals surface area (Å²) in [4.78, 5) is 38.2. The molecule has 0 fully saturated rings. The lowest BCUT2D eigenvalue weighted by atomic mass is 9.96. The number of carbonyl (C=O) groups excluding carboxylic acids is 3. The lowest BCUT2D eigenvalue weighted by Gasteiger charge is -2.27. The predicted molar refractivity (Wildman–Crippen MR) is 106 cm³/mol. The highest BCUT2D eigenvalue weighted by Gasteiger charge is 2.52. The number of imide groups is 1. The van der Waals surface area contributed by atoms with Gasteiger partial charge in [0.2, 0.25) is 0 Å². The van der Waals surface area contributed by atoms with Gasteiger partial charge in [-0.25, -0.2) is 13.2 Å². The van der Waals surface area contributed by atoms with Crippen molar-refractivity contribution in [3.63, 3.8) is 0 Å². The van der Waals surface area contributed by atoms with Crippen LogP contribution in [-0.2, 0) is 24.3 Å². The van der Waals surface area contributed by atoms with Crippen LogP contribution in [0.4, 0.5) is 5.69 Å². The van der Waals surface area contributed by atoms with Crippen molar-refractivity contribution in [2.45, 2.75) is 17.9 Å². The number of carbonyl (C=O) groups is 3. The zero-order valence-electron chi connectivity index (χ0n) is 16.1. The van der Waals surface area contributed by atoms with Crippen LogP contribution >= 0.6 is 0 Å². The van der Waals surface area contributed by atoms with Gasteiger partial charge < -0.3 is 4.74 Å². The third kappa shape index (κ3) is 2.79. The van der Waals surface area contributed by atoms with Crippen molar-refractivity contribution in [3.05, 3.63) is 60.2 Å². The van der Waals surface area contributed by atoms with Crippen molar-refractivity contribution in [1.82, 2.24) is 4.31 Å². The SMILES string of the molecule is COC(=O)C1=NN(c2ccccc2)C(C(=O)N2C(=O)c3ccccc3S2(=O)=O)C1C. The topological polar surface area (TPSA) is 113 Å². The molecule has 0 aromatic heterocycles. The Morgan fingerprint density at radius 2 is 1.67 bits per heavy atom. The molecule has 9 nitrogen and oxygen atoms in total. The van der Waals surface area contributed by atoms with E-state index in [-0.39, 0.29) is 20.5 Å². The first-order chi connectivity index (χ1) is 14.3. The molecule has 2 unspecified atom stereocenters. The number of rotatable bonds is 3. The summed E-state index contributed by atoms with van der Waals surface area (Å²) in [7, 11) is -3.18. The Bertz CT molecular complexity index is 1190. The van der Waals surface area contributed by atoms with Gasteiger partial charge in [-0.3, -0.25) is 14.6 Å². The number of nitrogens with zero attached hydrogens (tertiary/aromatic N) is 3. The molecule has 10 heteroatoms. The number of para-hydroxylation sites is 1. The molecule has 2 aliphatic rings. The quantitative estimate of drug-likeness (QED) is 0.537. The smallest absolute Gasteiger partial charge is 0.354 e. The van der Waals surface area contributed by atoms with Crippen LogP contribution in [0.25, 0.3) is 0 Å². The normalized spacial score (nSPS) is 21.9. The van der Waals surface area contributed by atoms with Crippen molar-refractivity contribution < 1.29 is 27.5 Å². The number of amides is 2. The molecule has 0 bridgehead atoms.